The third-order valence-electron chi connectivity index (χ3n) is 2.75. The van der Waals surface area contributed by atoms with Crippen molar-refractivity contribution in [2.24, 2.45) is 11.7 Å². The first-order valence-corrected chi connectivity index (χ1v) is 5.35. The first kappa shape index (κ1) is 8.27. The van der Waals surface area contributed by atoms with Gasteiger partial charge in [-0.25, -0.2) is 0 Å². The monoisotopic (exact) mass is 181 g/mol. The largest absolute Gasteiger partial charge is 0.323 e. The Morgan fingerprint density at radius 3 is 3.08 bits per heavy atom. The number of thiophene rings is 1. The molecule has 1 nitrogen and oxygen atoms in total. The fraction of sp³-hybridized carbons (Fsp3) is 0.600. The van der Waals surface area contributed by atoms with Crippen LogP contribution < -0.4 is 5.73 Å². The summed E-state index contributed by atoms with van der Waals surface area (Å²) in [5.74, 6) is 0.663. The predicted octanol–water partition coefficient (Wildman–Crippen LogP) is 2.64. The molecule has 0 radical (unpaired) electrons. The molecular formula is C10H15NS. The van der Waals surface area contributed by atoms with Crippen molar-refractivity contribution in [2.45, 2.75) is 32.7 Å². The Bertz CT molecular complexity index is 290. The molecule has 0 saturated carbocycles. The van der Waals surface area contributed by atoms with E-state index in [1.165, 1.54) is 28.2 Å². The second-order valence-electron chi connectivity index (χ2n) is 3.79. The molecule has 0 aliphatic heterocycles. The Morgan fingerprint density at radius 2 is 2.33 bits per heavy atom. The van der Waals surface area contributed by atoms with E-state index < -0.39 is 0 Å². The highest BCUT2D eigenvalue weighted by Gasteiger charge is 2.24. The molecule has 2 unspecified atom stereocenters. The molecule has 2 heteroatoms. The average Bonchev–Trinajstić information content (AvgIpc) is 2.39. The van der Waals surface area contributed by atoms with E-state index >= 15 is 0 Å². The lowest BCUT2D eigenvalue weighted by molar-refractivity contribution is 0.419. The molecule has 1 aliphatic rings. The minimum absolute atomic E-state index is 0.299. The summed E-state index contributed by atoms with van der Waals surface area (Å²) in [5.41, 5.74) is 7.62. The molecule has 2 rings (SSSR count). The minimum atomic E-state index is 0.299. The molecule has 2 atom stereocenters. The maximum Gasteiger partial charge on any atom is 0.0418 e. The van der Waals surface area contributed by atoms with E-state index in [2.05, 4.69) is 19.9 Å². The van der Waals surface area contributed by atoms with E-state index in [0.29, 0.717) is 12.0 Å². The molecule has 0 bridgehead atoms. The molecular weight excluding hydrogens is 166 g/mol. The van der Waals surface area contributed by atoms with Crippen LogP contribution in [0.1, 0.15) is 34.7 Å². The van der Waals surface area contributed by atoms with Gasteiger partial charge in [0.25, 0.3) is 0 Å². The lowest BCUT2D eigenvalue weighted by atomic mass is 9.86. The number of nitrogens with two attached hydrogens (primary N) is 1. The first-order chi connectivity index (χ1) is 5.68. The van der Waals surface area contributed by atoms with E-state index in [1.807, 2.05) is 11.3 Å². The van der Waals surface area contributed by atoms with E-state index in [1.54, 1.807) is 0 Å². The lowest BCUT2D eigenvalue weighted by Gasteiger charge is -2.25. The van der Waals surface area contributed by atoms with Crippen LogP contribution in [0.15, 0.2) is 6.07 Å². The number of hydrogen-bond acceptors (Lipinski definition) is 2. The van der Waals surface area contributed by atoms with E-state index in [0.717, 1.165) is 0 Å². The Hall–Kier alpha value is -0.340. The zero-order valence-corrected chi connectivity index (χ0v) is 8.45. The third kappa shape index (κ3) is 1.19. The van der Waals surface area contributed by atoms with Crippen molar-refractivity contribution in [3.8, 4) is 0 Å². The van der Waals surface area contributed by atoms with Crippen LogP contribution >= 0.6 is 11.3 Å². The van der Waals surface area contributed by atoms with Gasteiger partial charge in [0, 0.05) is 15.8 Å². The van der Waals surface area contributed by atoms with Crippen LogP contribution in [0.2, 0.25) is 0 Å². The molecule has 0 aromatic carbocycles. The maximum absolute atomic E-state index is 6.11. The SMILES string of the molecule is Cc1cc2c(s1)C(N)C(C)CC2. The van der Waals surface area contributed by atoms with Crippen molar-refractivity contribution in [3.63, 3.8) is 0 Å². The lowest BCUT2D eigenvalue weighted by Crippen LogP contribution is -2.23. The second-order valence-corrected chi connectivity index (χ2v) is 5.08. The van der Waals surface area contributed by atoms with Gasteiger partial charge in [-0.3, -0.25) is 0 Å². The highest BCUT2D eigenvalue weighted by Crippen LogP contribution is 2.37. The highest BCUT2D eigenvalue weighted by molar-refractivity contribution is 7.12. The molecule has 0 saturated heterocycles. The summed E-state index contributed by atoms with van der Waals surface area (Å²) in [5, 5.41) is 0. The molecule has 0 amide bonds. The molecule has 2 N–H and O–H groups in total. The fourth-order valence-corrected chi connectivity index (χ4v) is 3.09. The molecule has 0 spiro atoms. The number of fused-ring (bicyclic) bond motifs is 1. The Labute approximate surface area is 77.6 Å². The Balaban J connectivity index is 2.41. The highest BCUT2D eigenvalue weighted by atomic mass is 32.1. The van der Waals surface area contributed by atoms with Crippen LogP contribution in [0.5, 0.6) is 0 Å². The first-order valence-electron chi connectivity index (χ1n) is 4.53. The Morgan fingerprint density at radius 1 is 1.58 bits per heavy atom. The van der Waals surface area contributed by atoms with Gasteiger partial charge < -0.3 is 5.73 Å². The standard InChI is InChI=1S/C10H15NS/c1-6-3-4-8-5-7(2)12-10(8)9(6)11/h5-6,9H,3-4,11H2,1-2H3. The zero-order valence-electron chi connectivity index (χ0n) is 7.63. The molecule has 1 heterocycles. The van der Waals surface area contributed by atoms with Crippen molar-refractivity contribution >= 4 is 11.3 Å². The molecule has 1 aromatic rings. The van der Waals surface area contributed by atoms with Crippen molar-refractivity contribution in [3.05, 3.63) is 21.4 Å². The van der Waals surface area contributed by atoms with Crippen LogP contribution in [-0.2, 0) is 6.42 Å². The van der Waals surface area contributed by atoms with Gasteiger partial charge in [-0.05, 0) is 37.3 Å². The number of hydrogen-bond donors (Lipinski definition) is 1. The van der Waals surface area contributed by atoms with Crippen molar-refractivity contribution < 1.29 is 0 Å². The fourth-order valence-electron chi connectivity index (χ4n) is 1.88. The van der Waals surface area contributed by atoms with E-state index in [9.17, 15) is 0 Å². The zero-order chi connectivity index (χ0) is 8.72. The summed E-state index contributed by atoms with van der Waals surface area (Å²) in [6, 6.07) is 2.60. The quantitative estimate of drug-likeness (QED) is 0.654. The normalized spacial score (nSPS) is 28.6. The topological polar surface area (TPSA) is 26.0 Å². The average molecular weight is 181 g/mol. The van der Waals surface area contributed by atoms with Crippen LogP contribution in [0, 0.1) is 12.8 Å². The molecule has 1 aliphatic carbocycles. The van der Waals surface area contributed by atoms with Gasteiger partial charge in [-0.1, -0.05) is 6.92 Å². The van der Waals surface area contributed by atoms with Gasteiger partial charge >= 0.3 is 0 Å². The van der Waals surface area contributed by atoms with Crippen LogP contribution in [-0.4, -0.2) is 0 Å². The third-order valence-corrected chi connectivity index (χ3v) is 3.94. The molecule has 12 heavy (non-hydrogen) atoms. The van der Waals surface area contributed by atoms with Crippen LogP contribution in [0.25, 0.3) is 0 Å². The van der Waals surface area contributed by atoms with Gasteiger partial charge in [0.05, 0.1) is 0 Å². The smallest absolute Gasteiger partial charge is 0.0418 e. The number of rotatable bonds is 0. The molecule has 66 valence electrons. The second kappa shape index (κ2) is 2.86. The predicted molar refractivity (Wildman–Crippen MR) is 53.5 cm³/mol. The van der Waals surface area contributed by atoms with Gasteiger partial charge in [0.2, 0.25) is 0 Å². The summed E-state index contributed by atoms with van der Waals surface area (Å²) in [6.07, 6.45) is 2.49. The van der Waals surface area contributed by atoms with Crippen molar-refractivity contribution in [2.75, 3.05) is 0 Å². The molecule has 0 fully saturated rings. The summed E-state index contributed by atoms with van der Waals surface area (Å²) < 4.78 is 0. The van der Waals surface area contributed by atoms with Crippen molar-refractivity contribution in [1.82, 2.24) is 0 Å². The maximum atomic E-state index is 6.11. The summed E-state index contributed by atoms with van der Waals surface area (Å²) >= 11 is 1.88. The summed E-state index contributed by atoms with van der Waals surface area (Å²) in [7, 11) is 0. The van der Waals surface area contributed by atoms with Gasteiger partial charge in [-0.15, -0.1) is 11.3 Å². The summed E-state index contributed by atoms with van der Waals surface area (Å²) in [4.78, 5) is 2.84. The minimum Gasteiger partial charge on any atom is -0.323 e. The van der Waals surface area contributed by atoms with Crippen LogP contribution in [0.3, 0.4) is 0 Å². The molecule has 1 aromatic heterocycles. The van der Waals surface area contributed by atoms with Crippen molar-refractivity contribution in [1.29, 1.82) is 0 Å². The van der Waals surface area contributed by atoms with E-state index in [4.69, 9.17) is 5.73 Å². The van der Waals surface area contributed by atoms with Gasteiger partial charge in [0.1, 0.15) is 0 Å². The summed E-state index contributed by atoms with van der Waals surface area (Å²) in [6.45, 7) is 4.42. The van der Waals surface area contributed by atoms with Gasteiger partial charge in [-0.2, -0.15) is 0 Å². The van der Waals surface area contributed by atoms with E-state index in [-0.39, 0.29) is 0 Å². The van der Waals surface area contributed by atoms with Crippen LogP contribution in [0.4, 0.5) is 0 Å². The van der Waals surface area contributed by atoms with Gasteiger partial charge in [0.15, 0.2) is 0 Å². The number of aryl methyl sites for hydroxylation is 2. The Kier molecular flexibility index (Phi) is 1.97.